The van der Waals surface area contributed by atoms with Crippen LogP contribution in [0.25, 0.3) is 0 Å². The molecule has 1 amide bonds. The van der Waals surface area contributed by atoms with Crippen LogP contribution in [0.3, 0.4) is 0 Å². The first kappa shape index (κ1) is 16.7. The maximum Gasteiger partial charge on any atom is 0.220 e. The van der Waals surface area contributed by atoms with Gasteiger partial charge in [0.05, 0.1) is 6.04 Å². The van der Waals surface area contributed by atoms with Crippen LogP contribution >= 0.6 is 0 Å². The summed E-state index contributed by atoms with van der Waals surface area (Å²) in [6.07, 6.45) is 4.89. The molecule has 0 fully saturated rings. The van der Waals surface area contributed by atoms with Gasteiger partial charge in [0.25, 0.3) is 0 Å². The quantitative estimate of drug-likeness (QED) is 0.726. The number of hydrogen-bond donors (Lipinski definition) is 2. The third-order valence-electron chi connectivity index (χ3n) is 3.73. The molecule has 0 radical (unpaired) electrons. The lowest BCUT2D eigenvalue weighted by Gasteiger charge is -2.17. The third-order valence-corrected chi connectivity index (χ3v) is 3.73. The molecule has 1 aromatic carbocycles. The molecule has 112 valence electrons. The fraction of sp³-hybridized carbons (Fsp3) is 0.588. The number of nitrogens with one attached hydrogen (secondary N) is 1. The molecular formula is C17H28N2O. The lowest BCUT2D eigenvalue weighted by molar-refractivity contribution is -0.122. The van der Waals surface area contributed by atoms with Crippen molar-refractivity contribution in [3.05, 3.63) is 35.9 Å². The topological polar surface area (TPSA) is 55.1 Å². The third kappa shape index (κ3) is 6.20. The van der Waals surface area contributed by atoms with Gasteiger partial charge in [0.15, 0.2) is 0 Å². The summed E-state index contributed by atoms with van der Waals surface area (Å²) < 4.78 is 0. The first-order valence-corrected chi connectivity index (χ1v) is 7.71. The van der Waals surface area contributed by atoms with Crippen molar-refractivity contribution in [1.82, 2.24) is 5.32 Å². The van der Waals surface area contributed by atoms with Crippen molar-refractivity contribution < 1.29 is 4.79 Å². The van der Waals surface area contributed by atoms with Crippen molar-refractivity contribution in [1.29, 1.82) is 0 Å². The van der Waals surface area contributed by atoms with E-state index < -0.39 is 0 Å². The normalized spacial score (nSPS) is 13.8. The summed E-state index contributed by atoms with van der Waals surface area (Å²) in [5, 5.41) is 3.07. The van der Waals surface area contributed by atoms with E-state index >= 15 is 0 Å². The lowest BCUT2D eigenvalue weighted by Crippen LogP contribution is -2.27. The highest BCUT2D eigenvalue weighted by Gasteiger charge is 2.12. The standard InChI is InChI=1S/C17H28N2O/c1-3-7-15(12-13-18)10-11-17(20)19-14(2)16-8-5-4-6-9-16/h4-6,8-9,14-15H,3,7,10-13,18H2,1-2H3,(H,19,20)/t14-,15?/m0/s1. The minimum absolute atomic E-state index is 0.0721. The second kappa shape index (κ2) is 9.54. The van der Waals surface area contributed by atoms with Gasteiger partial charge in [-0.1, -0.05) is 50.1 Å². The van der Waals surface area contributed by atoms with E-state index in [1.807, 2.05) is 37.3 Å². The Morgan fingerprint density at radius 3 is 2.50 bits per heavy atom. The number of hydrogen-bond acceptors (Lipinski definition) is 2. The molecule has 0 saturated heterocycles. The second-order valence-corrected chi connectivity index (χ2v) is 5.47. The Hall–Kier alpha value is -1.35. The van der Waals surface area contributed by atoms with Gasteiger partial charge in [0.1, 0.15) is 0 Å². The van der Waals surface area contributed by atoms with E-state index in [1.54, 1.807) is 0 Å². The summed E-state index contributed by atoms with van der Waals surface area (Å²) in [5.74, 6) is 0.724. The Bertz CT molecular complexity index is 372. The first-order chi connectivity index (χ1) is 9.67. The molecule has 20 heavy (non-hydrogen) atoms. The minimum atomic E-state index is 0.0721. The Morgan fingerprint density at radius 1 is 1.20 bits per heavy atom. The minimum Gasteiger partial charge on any atom is -0.350 e. The van der Waals surface area contributed by atoms with E-state index in [9.17, 15) is 4.79 Å². The molecule has 0 saturated carbocycles. The van der Waals surface area contributed by atoms with Gasteiger partial charge in [0, 0.05) is 6.42 Å². The van der Waals surface area contributed by atoms with Crippen molar-refractivity contribution >= 4 is 5.91 Å². The lowest BCUT2D eigenvalue weighted by atomic mass is 9.94. The van der Waals surface area contributed by atoms with E-state index in [2.05, 4.69) is 12.2 Å². The van der Waals surface area contributed by atoms with E-state index in [0.29, 0.717) is 18.9 Å². The molecule has 0 heterocycles. The Labute approximate surface area is 122 Å². The molecule has 0 aromatic heterocycles. The van der Waals surface area contributed by atoms with Gasteiger partial charge in [-0.15, -0.1) is 0 Å². The zero-order chi connectivity index (χ0) is 14.8. The fourth-order valence-electron chi connectivity index (χ4n) is 2.55. The number of carbonyl (C=O) groups excluding carboxylic acids is 1. The molecule has 1 unspecified atom stereocenters. The van der Waals surface area contributed by atoms with Crippen LogP contribution in [-0.4, -0.2) is 12.5 Å². The molecule has 0 bridgehead atoms. The van der Waals surface area contributed by atoms with Crippen LogP contribution in [0, 0.1) is 5.92 Å². The van der Waals surface area contributed by atoms with Crippen LogP contribution in [0.1, 0.15) is 57.6 Å². The van der Waals surface area contributed by atoms with E-state index in [1.165, 1.54) is 6.42 Å². The molecule has 0 aliphatic rings. The zero-order valence-electron chi connectivity index (χ0n) is 12.8. The summed E-state index contributed by atoms with van der Waals surface area (Å²) in [5.41, 5.74) is 6.77. The van der Waals surface area contributed by atoms with Gasteiger partial charge in [-0.2, -0.15) is 0 Å². The Balaban J connectivity index is 2.35. The van der Waals surface area contributed by atoms with Crippen molar-refractivity contribution in [2.24, 2.45) is 11.7 Å². The Kier molecular flexibility index (Phi) is 7.97. The monoisotopic (exact) mass is 276 g/mol. The highest BCUT2D eigenvalue weighted by Crippen LogP contribution is 2.17. The predicted octanol–water partition coefficient (Wildman–Crippen LogP) is 3.41. The summed E-state index contributed by atoms with van der Waals surface area (Å²) in [6, 6.07) is 10.1. The maximum atomic E-state index is 12.0. The van der Waals surface area contributed by atoms with Gasteiger partial charge >= 0.3 is 0 Å². The summed E-state index contributed by atoms with van der Waals surface area (Å²) in [6.45, 7) is 4.92. The number of benzene rings is 1. The first-order valence-electron chi connectivity index (χ1n) is 7.71. The molecule has 3 heteroatoms. The molecule has 3 N–H and O–H groups in total. The van der Waals surface area contributed by atoms with Crippen LogP contribution in [0.5, 0.6) is 0 Å². The molecular weight excluding hydrogens is 248 g/mol. The van der Waals surface area contributed by atoms with Gasteiger partial charge < -0.3 is 11.1 Å². The molecule has 1 aromatic rings. The molecule has 0 aliphatic carbocycles. The van der Waals surface area contributed by atoms with Crippen LogP contribution in [0.2, 0.25) is 0 Å². The largest absolute Gasteiger partial charge is 0.350 e. The van der Waals surface area contributed by atoms with Gasteiger partial charge in [-0.05, 0) is 37.8 Å². The smallest absolute Gasteiger partial charge is 0.220 e. The average molecular weight is 276 g/mol. The number of rotatable bonds is 9. The van der Waals surface area contributed by atoms with Gasteiger partial charge in [0.2, 0.25) is 5.91 Å². The van der Waals surface area contributed by atoms with Crippen LogP contribution in [0.4, 0.5) is 0 Å². The number of amides is 1. The van der Waals surface area contributed by atoms with Crippen LogP contribution < -0.4 is 11.1 Å². The zero-order valence-corrected chi connectivity index (χ0v) is 12.8. The van der Waals surface area contributed by atoms with Crippen LogP contribution in [0.15, 0.2) is 30.3 Å². The van der Waals surface area contributed by atoms with E-state index in [0.717, 1.165) is 24.8 Å². The maximum absolute atomic E-state index is 12.0. The highest BCUT2D eigenvalue weighted by molar-refractivity contribution is 5.76. The number of nitrogens with two attached hydrogens (primary N) is 1. The van der Waals surface area contributed by atoms with E-state index in [4.69, 9.17) is 5.73 Å². The molecule has 1 rings (SSSR count). The van der Waals surface area contributed by atoms with Crippen molar-refractivity contribution in [2.75, 3.05) is 6.54 Å². The van der Waals surface area contributed by atoms with Crippen LogP contribution in [-0.2, 0) is 4.79 Å². The predicted molar refractivity (Wildman–Crippen MR) is 84.3 cm³/mol. The SMILES string of the molecule is CCCC(CCN)CCC(=O)N[C@@H](C)c1ccccc1. The molecule has 3 nitrogen and oxygen atoms in total. The van der Waals surface area contributed by atoms with Gasteiger partial charge in [-0.25, -0.2) is 0 Å². The average Bonchev–Trinajstić information content (AvgIpc) is 2.46. The van der Waals surface area contributed by atoms with Crippen molar-refractivity contribution in [2.45, 2.75) is 52.0 Å². The molecule has 0 spiro atoms. The van der Waals surface area contributed by atoms with Crippen molar-refractivity contribution in [3.8, 4) is 0 Å². The summed E-state index contributed by atoms with van der Waals surface area (Å²) in [4.78, 5) is 12.0. The van der Waals surface area contributed by atoms with Gasteiger partial charge in [-0.3, -0.25) is 4.79 Å². The molecule has 0 aliphatic heterocycles. The summed E-state index contributed by atoms with van der Waals surface area (Å²) >= 11 is 0. The van der Waals surface area contributed by atoms with Crippen molar-refractivity contribution in [3.63, 3.8) is 0 Å². The number of carbonyl (C=O) groups is 1. The van der Waals surface area contributed by atoms with E-state index in [-0.39, 0.29) is 11.9 Å². The summed E-state index contributed by atoms with van der Waals surface area (Å²) in [7, 11) is 0. The second-order valence-electron chi connectivity index (χ2n) is 5.47. The fourth-order valence-corrected chi connectivity index (χ4v) is 2.55. The highest BCUT2D eigenvalue weighted by atomic mass is 16.1. The Morgan fingerprint density at radius 2 is 1.90 bits per heavy atom. The molecule has 2 atom stereocenters.